The number of ketones is 2. The van der Waals surface area contributed by atoms with Gasteiger partial charge in [0.15, 0.2) is 11.6 Å². The summed E-state index contributed by atoms with van der Waals surface area (Å²) in [5, 5.41) is 20.3. The lowest BCUT2D eigenvalue weighted by Gasteiger charge is -2.68. The lowest BCUT2D eigenvalue weighted by Crippen LogP contribution is -2.64. The van der Waals surface area contributed by atoms with Crippen LogP contribution in [0.25, 0.3) is 0 Å². The van der Waals surface area contributed by atoms with Gasteiger partial charge in [0.05, 0.1) is 5.57 Å². The van der Waals surface area contributed by atoms with Crippen LogP contribution >= 0.6 is 0 Å². The number of fused-ring (bicyclic) bond motifs is 7. The van der Waals surface area contributed by atoms with E-state index in [4.69, 9.17) is 0 Å². The van der Waals surface area contributed by atoms with Gasteiger partial charge >= 0.3 is 0 Å². The number of hydrogen-bond acceptors (Lipinski definition) is 4. The van der Waals surface area contributed by atoms with Crippen LogP contribution in [0.3, 0.4) is 0 Å². The Kier molecular flexibility index (Phi) is 5.05. The Bertz CT molecular complexity index is 1060. The van der Waals surface area contributed by atoms with E-state index in [2.05, 4.69) is 40.7 Å². The van der Waals surface area contributed by atoms with E-state index >= 15 is 0 Å². The van der Waals surface area contributed by atoms with Crippen molar-refractivity contribution in [3.05, 3.63) is 23.3 Å². The highest BCUT2D eigenvalue weighted by molar-refractivity contribution is 6.02. The molecule has 0 aromatic heterocycles. The number of aliphatic hydroxyl groups is 1. The summed E-state index contributed by atoms with van der Waals surface area (Å²) in [5.41, 5.74) is 0.637. The third kappa shape index (κ3) is 2.80. The fraction of sp³-hybridized carbons (Fsp3) is 0.767. The molecule has 5 aliphatic rings. The monoisotopic (exact) mass is 463 g/mol. The fourth-order valence-corrected chi connectivity index (χ4v) is 9.64. The molecule has 0 bridgehead atoms. The molecule has 1 N–H and O–H groups in total. The van der Waals surface area contributed by atoms with Crippen LogP contribution < -0.4 is 0 Å². The maximum absolute atomic E-state index is 14.2. The molecule has 8 unspecified atom stereocenters. The van der Waals surface area contributed by atoms with Crippen molar-refractivity contribution in [3.8, 4) is 6.07 Å². The molecule has 34 heavy (non-hydrogen) atoms. The van der Waals surface area contributed by atoms with E-state index in [1.54, 1.807) is 0 Å². The zero-order chi connectivity index (χ0) is 24.9. The molecule has 0 spiro atoms. The lowest BCUT2D eigenvalue weighted by atomic mass is 9.35. The minimum atomic E-state index is -0.452. The van der Waals surface area contributed by atoms with Gasteiger partial charge in [-0.25, -0.2) is 0 Å². The average molecular weight is 464 g/mol. The molecule has 3 fully saturated rings. The van der Waals surface area contributed by atoms with Gasteiger partial charge in [-0.2, -0.15) is 5.26 Å². The third-order valence-electron chi connectivity index (χ3n) is 12.0. The van der Waals surface area contributed by atoms with E-state index in [1.165, 1.54) is 0 Å². The molecule has 0 aliphatic heterocycles. The molecule has 5 rings (SSSR count). The van der Waals surface area contributed by atoms with Gasteiger partial charge in [-0.05, 0) is 84.5 Å². The van der Waals surface area contributed by atoms with Gasteiger partial charge in [-0.3, -0.25) is 9.59 Å². The Morgan fingerprint density at radius 1 is 1.03 bits per heavy atom. The van der Waals surface area contributed by atoms with E-state index < -0.39 is 5.41 Å². The summed E-state index contributed by atoms with van der Waals surface area (Å²) in [5.74, 6) is 0.207. The zero-order valence-electron chi connectivity index (χ0n) is 21.8. The first kappa shape index (κ1) is 24.0. The van der Waals surface area contributed by atoms with Crippen molar-refractivity contribution in [1.82, 2.24) is 0 Å². The van der Waals surface area contributed by atoms with Crippen molar-refractivity contribution in [3.63, 3.8) is 0 Å². The quantitative estimate of drug-likeness (QED) is 0.532. The molecular weight excluding hydrogens is 422 g/mol. The predicted octanol–water partition coefficient (Wildman–Crippen LogP) is 5.81. The number of allylic oxidation sites excluding steroid dienone is 4. The molecule has 184 valence electrons. The van der Waals surface area contributed by atoms with Gasteiger partial charge in [0.25, 0.3) is 0 Å². The highest BCUT2D eigenvalue weighted by Gasteiger charge is 2.68. The van der Waals surface area contributed by atoms with Crippen molar-refractivity contribution in [1.29, 1.82) is 5.26 Å². The predicted molar refractivity (Wildman–Crippen MR) is 131 cm³/mol. The Balaban J connectivity index is 1.68. The highest BCUT2D eigenvalue weighted by Crippen LogP contribution is 2.73. The summed E-state index contributed by atoms with van der Waals surface area (Å²) >= 11 is 0. The second kappa shape index (κ2) is 7.16. The summed E-state index contributed by atoms with van der Waals surface area (Å²) in [6.07, 6.45) is 10.8. The Morgan fingerprint density at radius 3 is 2.35 bits per heavy atom. The van der Waals surface area contributed by atoms with Gasteiger partial charge in [-0.15, -0.1) is 0 Å². The first-order valence-corrected chi connectivity index (χ1v) is 13.3. The topological polar surface area (TPSA) is 78.2 Å². The van der Waals surface area contributed by atoms with Gasteiger partial charge < -0.3 is 5.11 Å². The van der Waals surface area contributed by atoms with Crippen LogP contribution in [-0.2, 0) is 9.59 Å². The molecule has 0 saturated heterocycles. The van der Waals surface area contributed by atoms with Gasteiger partial charge in [-0.1, -0.05) is 53.2 Å². The Hall–Kier alpha value is -1.73. The number of carbonyl (C=O) groups excluding carboxylic acids is 2. The van der Waals surface area contributed by atoms with Crippen LogP contribution in [0.4, 0.5) is 0 Å². The standard InChI is InChI=1S/C30H41NO3/c1-18-20-7-8-28(5)23(27(20,4)14-19(16-31)25(18)34)13-22(33)24-21-15-26(2,3)9-11-30(21,17-32)12-10-29(24,28)6/h13-14,18,20-21,24,32H,7-12,15,17H2,1-6H3. The Labute approximate surface area is 204 Å². The summed E-state index contributed by atoms with van der Waals surface area (Å²) in [6.45, 7) is 13.7. The summed E-state index contributed by atoms with van der Waals surface area (Å²) in [7, 11) is 0. The third-order valence-corrected chi connectivity index (χ3v) is 12.0. The van der Waals surface area contributed by atoms with Gasteiger partial charge in [0.2, 0.25) is 0 Å². The number of Topliss-reactive ketones (excluding diaryl/α,β-unsaturated/α-hetero) is 1. The van der Waals surface area contributed by atoms with E-state index in [1.807, 2.05) is 19.1 Å². The van der Waals surface area contributed by atoms with Crippen LogP contribution in [-0.4, -0.2) is 23.3 Å². The summed E-state index contributed by atoms with van der Waals surface area (Å²) in [6, 6.07) is 2.16. The maximum Gasteiger partial charge on any atom is 0.176 e. The molecule has 4 nitrogen and oxygen atoms in total. The average Bonchev–Trinajstić information content (AvgIpc) is 2.77. The second-order valence-corrected chi connectivity index (χ2v) is 13.9. The van der Waals surface area contributed by atoms with E-state index in [9.17, 15) is 20.0 Å². The van der Waals surface area contributed by atoms with Crippen LogP contribution in [0.5, 0.6) is 0 Å². The number of nitriles is 1. The van der Waals surface area contributed by atoms with Crippen molar-refractivity contribution in [2.75, 3.05) is 6.61 Å². The van der Waals surface area contributed by atoms with E-state index in [0.29, 0.717) is 0 Å². The smallest absolute Gasteiger partial charge is 0.176 e. The molecule has 0 amide bonds. The van der Waals surface area contributed by atoms with Gasteiger partial charge in [0, 0.05) is 23.9 Å². The maximum atomic E-state index is 14.2. The summed E-state index contributed by atoms with van der Waals surface area (Å²) < 4.78 is 0. The normalized spacial score (nSPS) is 49.5. The fourth-order valence-electron chi connectivity index (χ4n) is 9.64. The first-order valence-electron chi connectivity index (χ1n) is 13.3. The molecule has 4 heteroatoms. The number of carbonyl (C=O) groups is 2. The van der Waals surface area contributed by atoms with E-state index in [-0.39, 0.29) is 69.1 Å². The van der Waals surface area contributed by atoms with Crippen molar-refractivity contribution >= 4 is 11.6 Å². The molecule has 0 heterocycles. The number of aliphatic hydroxyl groups excluding tert-OH is 1. The lowest BCUT2D eigenvalue weighted by molar-refractivity contribution is -0.176. The summed E-state index contributed by atoms with van der Waals surface area (Å²) in [4.78, 5) is 27.0. The van der Waals surface area contributed by atoms with Crippen molar-refractivity contribution in [2.45, 2.75) is 86.5 Å². The number of rotatable bonds is 1. The van der Waals surface area contributed by atoms with Crippen LogP contribution in [0.1, 0.15) is 86.5 Å². The molecule has 0 radical (unpaired) electrons. The molecule has 5 aliphatic carbocycles. The second-order valence-electron chi connectivity index (χ2n) is 13.9. The SMILES string of the molecule is CC1C(=O)C(C#N)=CC2(C)C3=CC(=O)C4C5CC(C)(C)CCC5(CO)CCC4(C)C3(C)CCC12. The molecule has 8 atom stereocenters. The van der Waals surface area contributed by atoms with Gasteiger partial charge in [0.1, 0.15) is 6.07 Å². The van der Waals surface area contributed by atoms with E-state index in [0.717, 1.165) is 50.5 Å². The highest BCUT2D eigenvalue weighted by atomic mass is 16.3. The van der Waals surface area contributed by atoms with Crippen molar-refractivity contribution < 1.29 is 14.7 Å². The van der Waals surface area contributed by atoms with Crippen LogP contribution in [0.2, 0.25) is 0 Å². The minimum absolute atomic E-state index is 0.0461. The Morgan fingerprint density at radius 2 is 1.71 bits per heavy atom. The van der Waals surface area contributed by atoms with Crippen molar-refractivity contribution in [2.24, 2.45) is 50.7 Å². The molecule has 3 saturated carbocycles. The number of nitrogens with zero attached hydrogens (tertiary/aromatic N) is 1. The zero-order valence-corrected chi connectivity index (χ0v) is 21.8. The first-order chi connectivity index (χ1) is 15.8. The van der Waals surface area contributed by atoms with Crippen LogP contribution in [0.15, 0.2) is 23.3 Å². The number of hydrogen-bond donors (Lipinski definition) is 1. The minimum Gasteiger partial charge on any atom is -0.396 e. The van der Waals surface area contributed by atoms with Crippen LogP contribution in [0, 0.1) is 62.1 Å². The molecular formula is C30H41NO3. The molecule has 0 aromatic rings. The molecule has 0 aromatic carbocycles. The largest absolute Gasteiger partial charge is 0.396 e.